The summed E-state index contributed by atoms with van der Waals surface area (Å²) in [7, 11) is -3.90. The van der Waals surface area contributed by atoms with E-state index in [1.807, 2.05) is 24.3 Å². The summed E-state index contributed by atoms with van der Waals surface area (Å²) in [5.74, 6) is -2.93. The molecule has 0 unspecified atom stereocenters. The number of halogens is 2. The van der Waals surface area contributed by atoms with Gasteiger partial charge in [-0.3, -0.25) is 14.1 Å². The largest absolute Gasteiger partial charge is 0.325 e. The minimum Gasteiger partial charge on any atom is -0.325 e. The van der Waals surface area contributed by atoms with Gasteiger partial charge in [0.05, 0.1) is 11.9 Å². The van der Waals surface area contributed by atoms with Crippen molar-refractivity contribution >= 4 is 27.3 Å². The van der Waals surface area contributed by atoms with Crippen molar-refractivity contribution in [3.05, 3.63) is 89.8 Å². The van der Waals surface area contributed by atoms with E-state index in [1.54, 1.807) is 24.5 Å². The van der Waals surface area contributed by atoms with Gasteiger partial charge in [-0.15, -0.1) is 0 Å². The number of carbonyl (C=O) groups excluding carboxylic acids is 1. The van der Waals surface area contributed by atoms with Gasteiger partial charge in [0.25, 0.3) is 0 Å². The number of aromatic nitrogens is 1. The second-order valence-corrected chi connectivity index (χ2v) is 8.55. The molecule has 156 valence electrons. The molecule has 1 amide bonds. The predicted octanol–water partition coefficient (Wildman–Crippen LogP) is 3.36. The minimum atomic E-state index is -3.90. The van der Waals surface area contributed by atoms with Gasteiger partial charge in [0.15, 0.2) is 11.6 Å². The van der Waals surface area contributed by atoms with Crippen molar-refractivity contribution in [2.24, 2.45) is 0 Å². The van der Waals surface area contributed by atoms with Crippen LogP contribution in [-0.4, -0.2) is 32.1 Å². The van der Waals surface area contributed by atoms with Crippen LogP contribution in [0.4, 0.5) is 20.2 Å². The van der Waals surface area contributed by atoms with Crippen LogP contribution < -0.4 is 9.62 Å². The lowest BCUT2D eigenvalue weighted by Crippen LogP contribution is -2.37. The van der Waals surface area contributed by atoms with Crippen molar-refractivity contribution in [2.45, 2.75) is 6.42 Å². The van der Waals surface area contributed by atoms with E-state index in [-0.39, 0.29) is 5.69 Å². The zero-order valence-corrected chi connectivity index (χ0v) is 16.9. The van der Waals surface area contributed by atoms with Crippen LogP contribution in [0.25, 0.3) is 0 Å². The van der Waals surface area contributed by atoms with Crippen molar-refractivity contribution in [3.8, 4) is 0 Å². The fourth-order valence-corrected chi connectivity index (χ4v) is 3.66. The van der Waals surface area contributed by atoms with Gasteiger partial charge in [-0.05, 0) is 53.9 Å². The Morgan fingerprint density at radius 3 is 2.20 bits per heavy atom. The Hall–Kier alpha value is -3.33. The van der Waals surface area contributed by atoms with Gasteiger partial charge in [0, 0.05) is 24.1 Å². The topological polar surface area (TPSA) is 79.4 Å². The van der Waals surface area contributed by atoms with Crippen LogP contribution in [0.5, 0.6) is 0 Å². The first-order chi connectivity index (χ1) is 14.2. The summed E-state index contributed by atoms with van der Waals surface area (Å²) < 4.78 is 51.5. The molecular weight excluding hydrogens is 412 g/mol. The molecule has 1 aromatic heterocycles. The van der Waals surface area contributed by atoms with E-state index < -0.39 is 34.1 Å². The zero-order valence-electron chi connectivity index (χ0n) is 16.0. The van der Waals surface area contributed by atoms with Crippen molar-refractivity contribution in [2.75, 3.05) is 22.4 Å². The van der Waals surface area contributed by atoms with E-state index >= 15 is 0 Å². The molecule has 0 aliphatic carbocycles. The van der Waals surface area contributed by atoms with Crippen LogP contribution in [0.15, 0.2) is 67.0 Å². The quantitative estimate of drug-likeness (QED) is 0.622. The molecule has 0 atom stereocenters. The molecule has 0 fully saturated rings. The Morgan fingerprint density at radius 2 is 1.60 bits per heavy atom. The fourth-order valence-electron chi connectivity index (χ4n) is 2.81. The third-order valence-electron chi connectivity index (χ3n) is 4.27. The number of rotatable bonds is 7. The number of nitrogens with one attached hydrogen (secondary N) is 1. The molecule has 9 heteroatoms. The molecule has 1 heterocycles. The summed E-state index contributed by atoms with van der Waals surface area (Å²) in [6, 6.07) is 13.6. The number of hydrogen-bond donors (Lipinski definition) is 1. The number of anilines is 2. The van der Waals surface area contributed by atoms with Gasteiger partial charge < -0.3 is 5.32 Å². The summed E-state index contributed by atoms with van der Waals surface area (Å²) in [5.41, 5.74) is 2.47. The maximum atomic E-state index is 13.5. The highest BCUT2D eigenvalue weighted by Crippen LogP contribution is 2.21. The molecule has 30 heavy (non-hydrogen) atoms. The third kappa shape index (κ3) is 5.60. The number of benzene rings is 2. The second-order valence-electron chi connectivity index (χ2n) is 6.65. The smallest absolute Gasteiger partial charge is 0.245 e. The first kappa shape index (κ1) is 21.4. The van der Waals surface area contributed by atoms with Gasteiger partial charge in [0.2, 0.25) is 15.9 Å². The average molecular weight is 431 g/mol. The van der Waals surface area contributed by atoms with Crippen molar-refractivity contribution in [1.82, 2.24) is 4.98 Å². The van der Waals surface area contributed by atoms with Crippen molar-refractivity contribution in [3.63, 3.8) is 0 Å². The summed E-state index contributed by atoms with van der Waals surface area (Å²) in [4.78, 5) is 16.4. The summed E-state index contributed by atoms with van der Waals surface area (Å²) >= 11 is 0. The maximum absolute atomic E-state index is 13.5. The normalized spacial score (nSPS) is 11.2. The number of amides is 1. The maximum Gasteiger partial charge on any atom is 0.245 e. The zero-order chi connectivity index (χ0) is 21.7. The van der Waals surface area contributed by atoms with E-state index in [1.165, 1.54) is 0 Å². The number of pyridine rings is 1. The molecule has 3 aromatic rings. The number of hydrogen-bond acceptors (Lipinski definition) is 4. The van der Waals surface area contributed by atoms with Gasteiger partial charge in [-0.25, -0.2) is 17.2 Å². The Morgan fingerprint density at radius 1 is 0.967 bits per heavy atom. The van der Waals surface area contributed by atoms with Gasteiger partial charge in [-0.1, -0.05) is 12.1 Å². The SMILES string of the molecule is CS(=O)(=O)N(CC(=O)Nc1ccc(Cc2ccncc2)cc1)c1ccc(F)c(F)c1. The summed E-state index contributed by atoms with van der Waals surface area (Å²) in [5, 5.41) is 2.61. The molecule has 0 saturated heterocycles. The van der Waals surface area contributed by atoms with E-state index in [4.69, 9.17) is 0 Å². The monoisotopic (exact) mass is 431 g/mol. The summed E-state index contributed by atoms with van der Waals surface area (Å²) in [6.07, 6.45) is 5.01. The number of sulfonamides is 1. The predicted molar refractivity (Wildman–Crippen MR) is 111 cm³/mol. The highest BCUT2D eigenvalue weighted by Gasteiger charge is 2.22. The molecule has 0 radical (unpaired) electrons. The molecule has 2 aromatic carbocycles. The lowest BCUT2D eigenvalue weighted by atomic mass is 10.1. The van der Waals surface area contributed by atoms with Gasteiger partial charge >= 0.3 is 0 Å². The lowest BCUT2D eigenvalue weighted by Gasteiger charge is -2.22. The number of carbonyl (C=O) groups is 1. The number of nitrogens with zero attached hydrogens (tertiary/aromatic N) is 2. The van der Waals surface area contributed by atoms with E-state index in [9.17, 15) is 22.0 Å². The van der Waals surface area contributed by atoms with Crippen LogP contribution in [0.3, 0.4) is 0 Å². The molecular formula is C21H19F2N3O3S. The van der Waals surface area contributed by atoms with Crippen LogP contribution >= 0.6 is 0 Å². The van der Waals surface area contributed by atoms with Crippen LogP contribution in [0, 0.1) is 11.6 Å². The summed E-state index contributed by atoms with van der Waals surface area (Å²) in [6.45, 7) is -0.581. The Labute approximate surface area is 173 Å². The van der Waals surface area contributed by atoms with Crippen LogP contribution in [0.1, 0.15) is 11.1 Å². The van der Waals surface area contributed by atoms with Crippen LogP contribution in [-0.2, 0) is 21.2 Å². The molecule has 6 nitrogen and oxygen atoms in total. The minimum absolute atomic E-state index is 0.140. The first-order valence-corrected chi connectivity index (χ1v) is 10.8. The molecule has 0 spiro atoms. The van der Waals surface area contributed by atoms with Gasteiger partial charge in [0.1, 0.15) is 6.54 Å². The molecule has 0 saturated carbocycles. The van der Waals surface area contributed by atoms with E-state index in [0.29, 0.717) is 16.4 Å². The third-order valence-corrected chi connectivity index (χ3v) is 5.41. The molecule has 0 aliphatic rings. The van der Waals surface area contributed by atoms with E-state index in [0.717, 1.165) is 35.6 Å². The molecule has 3 rings (SSSR count). The van der Waals surface area contributed by atoms with Gasteiger partial charge in [-0.2, -0.15) is 0 Å². The van der Waals surface area contributed by atoms with Crippen molar-refractivity contribution < 1.29 is 22.0 Å². The second kappa shape index (κ2) is 9.00. The molecule has 0 bridgehead atoms. The fraction of sp³-hybridized carbons (Fsp3) is 0.143. The highest BCUT2D eigenvalue weighted by molar-refractivity contribution is 7.92. The Kier molecular flexibility index (Phi) is 6.41. The Balaban J connectivity index is 1.68. The average Bonchev–Trinajstić information content (AvgIpc) is 2.70. The van der Waals surface area contributed by atoms with Crippen molar-refractivity contribution in [1.29, 1.82) is 0 Å². The first-order valence-electron chi connectivity index (χ1n) is 8.93. The van der Waals surface area contributed by atoms with E-state index in [2.05, 4.69) is 10.3 Å². The lowest BCUT2D eigenvalue weighted by molar-refractivity contribution is -0.114. The standard InChI is InChI=1S/C21H19F2N3O3S/c1-30(28,29)26(18-6-7-19(22)20(23)13-18)14-21(27)25-17-4-2-15(3-5-17)12-16-8-10-24-11-9-16/h2-11,13H,12,14H2,1H3,(H,25,27). The van der Waals surface area contributed by atoms with Crippen LogP contribution in [0.2, 0.25) is 0 Å². The molecule has 1 N–H and O–H groups in total. The highest BCUT2D eigenvalue weighted by atomic mass is 32.2. The Bertz CT molecular complexity index is 1140. The molecule has 0 aliphatic heterocycles.